The number of nitrogens with one attached hydrogen (secondary N) is 1. The predicted molar refractivity (Wildman–Crippen MR) is 106 cm³/mol. The van der Waals surface area contributed by atoms with E-state index < -0.39 is 16.6 Å². The van der Waals surface area contributed by atoms with Gasteiger partial charge in [-0.15, -0.1) is 0 Å². The number of aromatic hydroxyl groups is 1. The summed E-state index contributed by atoms with van der Waals surface area (Å²) in [7, 11) is 1.43. The Labute approximate surface area is 170 Å². The molecule has 9 nitrogen and oxygen atoms in total. The SMILES string of the molecule is CCOc1c(Cl)cc(/C=C(\C#N)C(=O)Nc2ccc([N+](=O)[O-])cc2O)cc1OC. The molecule has 1 amide bonds. The molecule has 2 aromatic carbocycles. The Morgan fingerprint density at radius 1 is 1.41 bits per heavy atom. The summed E-state index contributed by atoms with van der Waals surface area (Å²) in [5.41, 5.74) is -0.295. The van der Waals surface area contributed by atoms with Crippen molar-refractivity contribution in [3.8, 4) is 23.3 Å². The summed E-state index contributed by atoms with van der Waals surface area (Å²) in [6.07, 6.45) is 1.28. The van der Waals surface area contributed by atoms with E-state index in [0.29, 0.717) is 23.7 Å². The van der Waals surface area contributed by atoms with E-state index in [1.807, 2.05) is 0 Å². The zero-order valence-electron chi connectivity index (χ0n) is 15.4. The quantitative estimate of drug-likeness (QED) is 0.229. The number of hydrogen-bond donors (Lipinski definition) is 2. The number of carbonyl (C=O) groups is 1. The van der Waals surface area contributed by atoms with Gasteiger partial charge in [-0.2, -0.15) is 5.26 Å². The number of nitro groups is 1. The number of nitro benzene ring substituents is 1. The fraction of sp³-hybridized carbons (Fsp3) is 0.158. The first-order chi connectivity index (χ1) is 13.8. The van der Waals surface area contributed by atoms with Crippen LogP contribution in [0.15, 0.2) is 35.9 Å². The number of benzene rings is 2. The van der Waals surface area contributed by atoms with Crippen LogP contribution in [0.2, 0.25) is 5.02 Å². The third-order valence-electron chi connectivity index (χ3n) is 3.66. The van der Waals surface area contributed by atoms with Gasteiger partial charge in [0, 0.05) is 6.07 Å². The summed E-state index contributed by atoms with van der Waals surface area (Å²) in [4.78, 5) is 22.4. The molecule has 0 saturated heterocycles. The number of carbonyl (C=O) groups excluding carboxylic acids is 1. The van der Waals surface area contributed by atoms with Crippen molar-refractivity contribution < 1.29 is 24.3 Å². The van der Waals surface area contributed by atoms with Crippen molar-refractivity contribution in [2.75, 3.05) is 19.0 Å². The number of methoxy groups -OCH3 is 1. The first-order valence-corrected chi connectivity index (χ1v) is 8.59. The molecule has 10 heteroatoms. The zero-order valence-corrected chi connectivity index (χ0v) is 16.2. The number of non-ortho nitro benzene ring substituents is 1. The number of ether oxygens (including phenoxy) is 2. The Bertz CT molecular complexity index is 1030. The van der Waals surface area contributed by atoms with Gasteiger partial charge in [-0.25, -0.2) is 0 Å². The van der Waals surface area contributed by atoms with Crippen molar-refractivity contribution in [1.82, 2.24) is 0 Å². The van der Waals surface area contributed by atoms with E-state index in [1.165, 1.54) is 19.3 Å². The fourth-order valence-electron chi connectivity index (χ4n) is 2.35. The van der Waals surface area contributed by atoms with Gasteiger partial charge in [-0.1, -0.05) is 11.6 Å². The number of phenolic OH excluding ortho intramolecular Hbond substituents is 1. The van der Waals surface area contributed by atoms with Crippen LogP contribution < -0.4 is 14.8 Å². The van der Waals surface area contributed by atoms with E-state index in [1.54, 1.807) is 19.1 Å². The molecule has 29 heavy (non-hydrogen) atoms. The Kier molecular flexibility index (Phi) is 7.00. The van der Waals surface area contributed by atoms with Crippen molar-refractivity contribution in [3.05, 3.63) is 56.6 Å². The average molecular weight is 418 g/mol. The van der Waals surface area contributed by atoms with Crippen molar-refractivity contribution >= 4 is 35.0 Å². The largest absolute Gasteiger partial charge is 0.506 e. The summed E-state index contributed by atoms with van der Waals surface area (Å²) in [6, 6.07) is 7.98. The molecule has 0 aliphatic heterocycles. The number of phenols is 1. The Hall–Kier alpha value is -3.77. The average Bonchev–Trinajstić information content (AvgIpc) is 2.69. The zero-order chi connectivity index (χ0) is 21.6. The van der Waals surface area contributed by atoms with Gasteiger partial charge < -0.3 is 19.9 Å². The van der Waals surface area contributed by atoms with Gasteiger partial charge >= 0.3 is 0 Å². The lowest BCUT2D eigenvalue weighted by molar-refractivity contribution is -0.384. The molecule has 2 aromatic rings. The van der Waals surface area contributed by atoms with E-state index in [0.717, 1.165) is 18.2 Å². The van der Waals surface area contributed by atoms with E-state index in [2.05, 4.69) is 5.32 Å². The standard InChI is InChI=1S/C19H16ClN3O6/c1-3-29-18-14(20)7-11(8-17(18)28-2)6-12(10-21)19(25)22-15-5-4-13(23(26)27)9-16(15)24/h4-9,24H,3H2,1-2H3,(H,22,25)/b12-6+. The van der Waals surface area contributed by atoms with Crippen LogP contribution in [0.1, 0.15) is 12.5 Å². The smallest absolute Gasteiger partial charge is 0.273 e. The normalized spacial score (nSPS) is 10.8. The van der Waals surface area contributed by atoms with Gasteiger partial charge in [0.05, 0.1) is 35.4 Å². The molecular formula is C19H16ClN3O6. The molecule has 0 bridgehead atoms. The molecule has 2 rings (SSSR count). The monoisotopic (exact) mass is 417 g/mol. The molecule has 0 aromatic heterocycles. The molecule has 0 fully saturated rings. The summed E-state index contributed by atoms with van der Waals surface area (Å²) in [6.45, 7) is 2.16. The van der Waals surface area contributed by atoms with E-state index in [-0.39, 0.29) is 22.0 Å². The highest BCUT2D eigenvalue weighted by atomic mass is 35.5. The number of amides is 1. The Balaban J connectivity index is 2.32. The number of nitrogens with zero attached hydrogens (tertiary/aromatic N) is 2. The highest BCUT2D eigenvalue weighted by Crippen LogP contribution is 2.37. The Morgan fingerprint density at radius 2 is 2.14 bits per heavy atom. The fourth-order valence-corrected chi connectivity index (χ4v) is 2.63. The molecule has 0 aliphatic rings. The first-order valence-electron chi connectivity index (χ1n) is 8.21. The third kappa shape index (κ3) is 5.15. The topological polar surface area (TPSA) is 135 Å². The van der Waals surface area contributed by atoms with E-state index in [9.17, 15) is 25.3 Å². The molecule has 0 saturated carbocycles. The number of rotatable bonds is 7. The second-order valence-corrected chi connectivity index (χ2v) is 5.96. The molecular weight excluding hydrogens is 402 g/mol. The minimum absolute atomic E-state index is 0.0796. The van der Waals surface area contributed by atoms with E-state index >= 15 is 0 Å². The molecule has 0 spiro atoms. The lowest BCUT2D eigenvalue weighted by Crippen LogP contribution is -2.13. The van der Waals surface area contributed by atoms with Crippen LogP contribution >= 0.6 is 11.6 Å². The van der Waals surface area contributed by atoms with Crippen LogP contribution in [0.25, 0.3) is 6.08 Å². The molecule has 0 atom stereocenters. The highest BCUT2D eigenvalue weighted by Gasteiger charge is 2.16. The van der Waals surface area contributed by atoms with Gasteiger partial charge in [-0.05, 0) is 36.8 Å². The second-order valence-electron chi connectivity index (χ2n) is 5.55. The summed E-state index contributed by atoms with van der Waals surface area (Å²) >= 11 is 6.18. The van der Waals surface area contributed by atoms with Gasteiger partial charge in [0.1, 0.15) is 17.4 Å². The van der Waals surface area contributed by atoms with Gasteiger partial charge in [0.25, 0.3) is 11.6 Å². The van der Waals surface area contributed by atoms with Gasteiger partial charge in [-0.3, -0.25) is 14.9 Å². The predicted octanol–water partition coefficient (Wildman–Crippen LogP) is 3.91. The number of nitriles is 1. The lowest BCUT2D eigenvalue weighted by Gasteiger charge is -2.12. The second kappa shape index (κ2) is 9.43. The Morgan fingerprint density at radius 3 is 2.69 bits per heavy atom. The summed E-state index contributed by atoms with van der Waals surface area (Å²) in [5, 5.41) is 32.5. The van der Waals surface area contributed by atoms with Crippen molar-refractivity contribution in [3.63, 3.8) is 0 Å². The summed E-state index contributed by atoms with van der Waals surface area (Å²) < 4.78 is 10.6. The van der Waals surface area contributed by atoms with Crippen LogP contribution in [0.5, 0.6) is 17.2 Å². The summed E-state index contributed by atoms with van der Waals surface area (Å²) in [5.74, 6) is -0.653. The number of hydrogen-bond acceptors (Lipinski definition) is 7. The maximum Gasteiger partial charge on any atom is 0.273 e. The maximum absolute atomic E-state index is 12.4. The molecule has 2 N–H and O–H groups in total. The van der Waals surface area contributed by atoms with Crippen LogP contribution in [-0.2, 0) is 4.79 Å². The van der Waals surface area contributed by atoms with Crippen LogP contribution in [-0.4, -0.2) is 29.7 Å². The minimum atomic E-state index is -0.819. The van der Waals surface area contributed by atoms with Crippen LogP contribution in [0, 0.1) is 21.4 Å². The maximum atomic E-state index is 12.4. The number of anilines is 1. The van der Waals surface area contributed by atoms with Crippen molar-refractivity contribution in [1.29, 1.82) is 5.26 Å². The lowest BCUT2D eigenvalue weighted by atomic mass is 10.1. The van der Waals surface area contributed by atoms with Crippen LogP contribution in [0.4, 0.5) is 11.4 Å². The molecule has 0 radical (unpaired) electrons. The first kappa shape index (κ1) is 21.5. The third-order valence-corrected chi connectivity index (χ3v) is 3.94. The van der Waals surface area contributed by atoms with Gasteiger partial charge in [0.15, 0.2) is 11.5 Å². The minimum Gasteiger partial charge on any atom is -0.506 e. The molecule has 150 valence electrons. The van der Waals surface area contributed by atoms with E-state index in [4.69, 9.17) is 21.1 Å². The highest BCUT2D eigenvalue weighted by molar-refractivity contribution is 6.32. The van der Waals surface area contributed by atoms with Crippen molar-refractivity contribution in [2.24, 2.45) is 0 Å². The number of halogens is 1. The van der Waals surface area contributed by atoms with Gasteiger partial charge in [0.2, 0.25) is 0 Å². The molecule has 0 aliphatic carbocycles. The van der Waals surface area contributed by atoms with Crippen molar-refractivity contribution in [2.45, 2.75) is 6.92 Å². The molecule has 0 heterocycles. The van der Waals surface area contributed by atoms with Crippen LogP contribution in [0.3, 0.4) is 0 Å². The molecule has 0 unspecified atom stereocenters.